The first-order valence-electron chi connectivity index (χ1n) is 10.5. The predicted molar refractivity (Wildman–Crippen MR) is 105 cm³/mol. The van der Waals surface area contributed by atoms with Gasteiger partial charge in [0.05, 0.1) is 5.66 Å². The van der Waals surface area contributed by atoms with Gasteiger partial charge in [-0.2, -0.15) is 0 Å². The molecule has 1 atom stereocenters. The SMILES string of the molecule is CCCCC(CC)C(CCCC)(CCCC)C(N)(N)CCCC. The highest BCUT2D eigenvalue weighted by molar-refractivity contribution is 5.02. The van der Waals surface area contributed by atoms with Crippen LogP contribution in [0.25, 0.3) is 0 Å². The summed E-state index contributed by atoms with van der Waals surface area (Å²) in [7, 11) is 0. The van der Waals surface area contributed by atoms with Crippen molar-refractivity contribution in [3.63, 3.8) is 0 Å². The lowest BCUT2D eigenvalue weighted by atomic mass is 9.58. The third-order valence-electron chi connectivity index (χ3n) is 6.00. The lowest BCUT2D eigenvalue weighted by Gasteiger charge is -2.52. The molecule has 0 aliphatic heterocycles. The second-order valence-corrected chi connectivity index (χ2v) is 7.75. The van der Waals surface area contributed by atoms with Gasteiger partial charge in [0.2, 0.25) is 0 Å². The van der Waals surface area contributed by atoms with Crippen LogP contribution in [-0.2, 0) is 0 Å². The number of nitrogens with two attached hydrogens (primary N) is 2. The van der Waals surface area contributed by atoms with E-state index in [0.29, 0.717) is 5.92 Å². The van der Waals surface area contributed by atoms with Gasteiger partial charge in [0.15, 0.2) is 0 Å². The second-order valence-electron chi connectivity index (χ2n) is 7.75. The molecule has 140 valence electrons. The zero-order valence-electron chi connectivity index (χ0n) is 16.9. The molecule has 0 saturated heterocycles. The normalized spacial score (nSPS) is 14.2. The Morgan fingerprint density at radius 2 is 1.09 bits per heavy atom. The van der Waals surface area contributed by atoms with Crippen molar-refractivity contribution < 1.29 is 0 Å². The van der Waals surface area contributed by atoms with E-state index in [-0.39, 0.29) is 5.41 Å². The van der Waals surface area contributed by atoms with Gasteiger partial charge in [-0.15, -0.1) is 0 Å². The first-order chi connectivity index (χ1) is 11.0. The molecule has 0 aliphatic carbocycles. The molecule has 0 saturated carbocycles. The summed E-state index contributed by atoms with van der Waals surface area (Å²) >= 11 is 0. The fourth-order valence-corrected chi connectivity index (χ4v) is 4.40. The first-order valence-corrected chi connectivity index (χ1v) is 10.5. The lowest BCUT2D eigenvalue weighted by molar-refractivity contribution is 0.00504. The minimum atomic E-state index is -0.512. The van der Waals surface area contributed by atoms with Gasteiger partial charge in [-0.05, 0) is 31.6 Å². The summed E-state index contributed by atoms with van der Waals surface area (Å²) in [6, 6.07) is 0. The van der Waals surface area contributed by atoms with Gasteiger partial charge in [-0.25, -0.2) is 0 Å². The Labute approximate surface area is 147 Å². The quantitative estimate of drug-likeness (QED) is 0.343. The van der Waals surface area contributed by atoms with Crippen LogP contribution in [0.5, 0.6) is 0 Å². The van der Waals surface area contributed by atoms with Gasteiger partial charge in [0.1, 0.15) is 0 Å². The fraction of sp³-hybridized carbons (Fsp3) is 1.00. The number of rotatable bonds is 15. The monoisotopic (exact) mass is 326 g/mol. The Kier molecular flexibility index (Phi) is 12.3. The maximum absolute atomic E-state index is 6.89. The Balaban J connectivity index is 5.59. The van der Waals surface area contributed by atoms with Crippen LogP contribution in [0.3, 0.4) is 0 Å². The van der Waals surface area contributed by atoms with Crippen molar-refractivity contribution >= 4 is 0 Å². The van der Waals surface area contributed by atoms with Crippen molar-refractivity contribution in [3.05, 3.63) is 0 Å². The summed E-state index contributed by atoms with van der Waals surface area (Å²) in [5, 5.41) is 0. The molecular formula is C21H46N2. The Morgan fingerprint density at radius 1 is 0.652 bits per heavy atom. The summed E-state index contributed by atoms with van der Waals surface area (Å²) in [6.45, 7) is 11.5. The van der Waals surface area contributed by atoms with E-state index in [9.17, 15) is 0 Å². The molecule has 23 heavy (non-hydrogen) atoms. The number of hydrogen-bond acceptors (Lipinski definition) is 2. The van der Waals surface area contributed by atoms with Crippen LogP contribution in [0.1, 0.15) is 118 Å². The van der Waals surface area contributed by atoms with Crippen molar-refractivity contribution in [2.45, 2.75) is 124 Å². The molecule has 0 bridgehead atoms. The largest absolute Gasteiger partial charge is 0.313 e. The highest BCUT2D eigenvalue weighted by Gasteiger charge is 2.48. The van der Waals surface area contributed by atoms with E-state index in [2.05, 4.69) is 34.6 Å². The zero-order valence-corrected chi connectivity index (χ0v) is 16.9. The average molecular weight is 327 g/mol. The van der Waals surface area contributed by atoms with Crippen LogP contribution in [0, 0.1) is 11.3 Å². The van der Waals surface area contributed by atoms with Crippen LogP contribution in [0.15, 0.2) is 0 Å². The minimum absolute atomic E-state index is 0.123. The zero-order chi connectivity index (χ0) is 17.8. The molecular weight excluding hydrogens is 280 g/mol. The molecule has 0 fully saturated rings. The Morgan fingerprint density at radius 3 is 1.48 bits per heavy atom. The molecule has 0 amide bonds. The molecule has 0 spiro atoms. The first kappa shape index (κ1) is 22.9. The van der Waals surface area contributed by atoms with Crippen LogP contribution >= 0.6 is 0 Å². The van der Waals surface area contributed by atoms with E-state index in [0.717, 1.165) is 12.8 Å². The van der Waals surface area contributed by atoms with Gasteiger partial charge in [-0.1, -0.05) is 92.4 Å². The summed E-state index contributed by atoms with van der Waals surface area (Å²) < 4.78 is 0. The number of unbranched alkanes of at least 4 members (excludes halogenated alkanes) is 4. The molecule has 4 N–H and O–H groups in total. The van der Waals surface area contributed by atoms with Crippen molar-refractivity contribution in [2.24, 2.45) is 22.8 Å². The Hall–Kier alpha value is -0.0800. The topological polar surface area (TPSA) is 52.0 Å². The van der Waals surface area contributed by atoms with Crippen molar-refractivity contribution in [3.8, 4) is 0 Å². The summed E-state index contributed by atoms with van der Waals surface area (Å²) in [6.07, 6.45) is 15.8. The van der Waals surface area contributed by atoms with E-state index in [1.807, 2.05) is 0 Å². The molecule has 2 heteroatoms. The maximum Gasteiger partial charge on any atom is 0.0697 e. The highest BCUT2D eigenvalue weighted by atomic mass is 15.0. The molecule has 0 aliphatic rings. The second kappa shape index (κ2) is 12.3. The molecule has 2 nitrogen and oxygen atoms in total. The molecule has 1 unspecified atom stereocenters. The van der Waals surface area contributed by atoms with Crippen molar-refractivity contribution in [1.82, 2.24) is 0 Å². The Bertz CT molecular complexity index is 265. The molecule has 0 aromatic rings. The van der Waals surface area contributed by atoms with E-state index in [1.54, 1.807) is 0 Å². The van der Waals surface area contributed by atoms with Crippen LogP contribution in [-0.4, -0.2) is 5.66 Å². The predicted octanol–water partition coefficient (Wildman–Crippen LogP) is 6.37. The summed E-state index contributed by atoms with van der Waals surface area (Å²) in [5.74, 6) is 0.674. The van der Waals surface area contributed by atoms with E-state index in [4.69, 9.17) is 11.5 Å². The summed E-state index contributed by atoms with van der Waals surface area (Å²) in [5.41, 5.74) is 13.4. The fourth-order valence-electron chi connectivity index (χ4n) is 4.40. The minimum Gasteiger partial charge on any atom is -0.313 e. The molecule has 0 heterocycles. The van der Waals surface area contributed by atoms with Gasteiger partial charge < -0.3 is 11.5 Å². The third kappa shape index (κ3) is 6.74. The molecule has 0 rings (SSSR count). The maximum atomic E-state index is 6.89. The third-order valence-corrected chi connectivity index (χ3v) is 6.00. The standard InChI is InChI=1S/C21H46N2/c1-6-11-15-19(10-5)20(16-12-7-2,17-13-8-3)21(22,23)18-14-9-4/h19H,6-18,22-23H2,1-5H3. The highest BCUT2D eigenvalue weighted by Crippen LogP contribution is 2.49. The van der Waals surface area contributed by atoms with Gasteiger partial charge >= 0.3 is 0 Å². The van der Waals surface area contributed by atoms with Crippen LogP contribution < -0.4 is 11.5 Å². The van der Waals surface area contributed by atoms with E-state index < -0.39 is 5.66 Å². The molecule has 0 aromatic carbocycles. The van der Waals surface area contributed by atoms with Crippen LogP contribution in [0.4, 0.5) is 0 Å². The van der Waals surface area contributed by atoms with Crippen molar-refractivity contribution in [2.75, 3.05) is 0 Å². The average Bonchev–Trinajstić information content (AvgIpc) is 2.55. The van der Waals surface area contributed by atoms with Crippen molar-refractivity contribution in [1.29, 1.82) is 0 Å². The smallest absolute Gasteiger partial charge is 0.0697 e. The van der Waals surface area contributed by atoms with E-state index >= 15 is 0 Å². The van der Waals surface area contributed by atoms with E-state index in [1.165, 1.54) is 70.6 Å². The number of hydrogen-bond donors (Lipinski definition) is 2. The summed E-state index contributed by atoms with van der Waals surface area (Å²) in [4.78, 5) is 0. The molecule has 0 radical (unpaired) electrons. The van der Waals surface area contributed by atoms with Gasteiger partial charge in [0, 0.05) is 5.41 Å². The molecule has 0 aromatic heterocycles. The lowest BCUT2D eigenvalue weighted by Crippen LogP contribution is -2.65. The van der Waals surface area contributed by atoms with Gasteiger partial charge in [-0.3, -0.25) is 0 Å². The van der Waals surface area contributed by atoms with Gasteiger partial charge in [0.25, 0.3) is 0 Å². The van der Waals surface area contributed by atoms with Crippen LogP contribution in [0.2, 0.25) is 0 Å².